The minimum atomic E-state index is -3.30. The normalized spacial score (nSPS) is 24.7. The molecule has 0 amide bonds. The molecule has 0 aromatic heterocycles. The van der Waals surface area contributed by atoms with Crippen molar-refractivity contribution in [1.29, 1.82) is 0 Å². The molecule has 1 rings (SSSR count). The lowest BCUT2D eigenvalue weighted by Gasteiger charge is -2.09. The van der Waals surface area contributed by atoms with Gasteiger partial charge in [-0.05, 0) is 18.8 Å². The van der Waals surface area contributed by atoms with Gasteiger partial charge in [-0.3, -0.25) is 0 Å². The summed E-state index contributed by atoms with van der Waals surface area (Å²) in [5, 5.41) is 0. The van der Waals surface area contributed by atoms with Crippen LogP contribution >= 0.6 is 11.6 Å². The Balaban J connectivity index is 2.35. The van der Waals surface area contributed by atoms with E-state index in [-0.39, 0.29) is 29.7 Å². The average Bonchev–Trinajstić information content (AvgIpc) is 2.53. The molecule has 1 atom stereocenters. The van der Waals surface area contributed by atoms with E-state index in [1.807, 2.05) is 0 Å². The number of halogens is 1. The molecule has 0 aliphatic carbocycles. The Labute approximate surface area is 102 Å². The Hall–Kier alpha value is 0.150. The van der Waals surface area contributed by atoms with Crippen molar-refractivity contribution in [2.75, 3.05) is 29.7 Å². The SMILES string of the molecule is O=S1(=O)CCC(CNS(=O)(=O)CCCCl)C1. The number of alkyl halides is 1. The molecule has 96 valence electrons. The largest absolute Gasteiger partial charge is 0.229 e. The molecule has 8 heteroatoms. The fourth-order valence-corrected chi connectivity index (χ4v) is 4.91. The first-order chi connectivity index (χ1) is 7.35. The van der Waals surface area contributed by atoms with E-state index in [2.05, 4.69) is 4.72 Å². The van der Waals surface area contributed by atoms with E-state index in [4.69, 9.17) is 11.6 Å². The van der Waals surface area contributed by atoms with Gasteiger partial charge >= 0.3 is 0 Å². The van der Waals surface area contributed by atoms with E-state index in [0.717, 1.165) is 0 Å². The smallest absolute Gasteiger partial charge is 0.211 e. The van der Waals surface area contributed by atoms with Crippen molar-refractivity contribution in [2.45, 2.75) is 12.8 Å². The van der Waals surface area contributed by atoms with Gasteiger partial charge in [-0.25, -0.2) is 21.6 Å². The lowest BCUT2D eigenvalue weighted by Crippen LogP contribution is -2.31. The molecule has 0 aromatic carbocycles. The molecule has 0 saturated carbocycles. The number of sulfonamides is 1. The van der Waals surface area contributed by atoms with Crippen LogP contribution in [0.3, 0.4) is 0 Å². The van der Waals surface area contributed by atoms with E-state index in [1.165, 1.54) is 0 Å². The first-order valence-corrected chi connectivity index (χ1v) is 9.09. The molecule has 0 bridgehead atoms. The predicted octanol–water partition coefficient (Wildman–Crippen LogP) is -0.0306. The maximum atomic E-state index is 11.4. The molecule has 1 aliphatic rings. The van der Waals surface area contributed by atoms with Crippen LogP contribution in [0.25, 0.3) is 0 Å². The van der Waals surface area contributed by atoms with E-state index >= 15 is 0 Å². The van der Waals surface area contributed by atoms with Crippen LogP contribution in [0.5, 0.6) is 0 Å². The lowest BCUT2D eigenvalue weighted by molar-refractivity contribution is 0.542. The predicted molar refractivity (Wildman–Crippen MR) is 63.9 cm³/mol. The number of hydrogen-bond donors (Lipinski definition) is 1. The Morgan fingerprint density at radius 1 is 1.38 bits per heavy atom. The van der Waals surface area contributed by atoms with Crippen LogP contribution in [0.1, 0.15) is 12.8 Å². The third-order valence-corrected chi connectivity index (χ3v) is 6.00. The summed E-state index contributed by atoms with van der Waals surface area (Å²) in [5.41, 5.74) is 0. The van der Waals surface area contributed by atoms with Gasteiger partial charge in [0.25, 0.3) is 0 Å². The number of sulfone groups is 1. The quantitative estimate of drug-likeness (QED) is 0.696. The van der Waals surface area contributed by atoms with Gasteiger partial charge in [-0.2, -0.15) is 0 Å². The van der Waals surface area contributed by atoms with Crippen LogP contribution in [-0.2, 0) is 19.9 Å². The van der Waals surface area contributed by atoms with Gasteiger partial charge in [-0.15, -0.1) is 11.6 Å². The molecular formula is C8H16ClNO4S2. The Morgan fingerprint density at radius 2 is 2.06 bits per heavy atom. The van der Waals surface area contributed by atoms with Crippen molar-refractivity contribution in [2.24, 2.45) is 5.92 Å². The molecular weight excluding hydrogens is 274 g/mol. The van der Waals surface area contributed by atoms with Gasteiger partial charge in [0.15, 0.2) is 9.84 Å². The van der Waals surface area contributed by atoms with Gasteiger partial charge in [0.2, 0.25) is 10.0 Å². The Kier molecular flexibility index (Phi) is 5.03. The molecule has 1 fully saturated rings. The van der Waals surface area contributed by atoms with Crippen LogP contribution in [0.2, 0.25) is 0 Å². The zero-order valence-electron chi connectivity index (χ0n) is 8.85. The second-order valence-electron chi connectivity index (χ2n) is 3.98. The minimum absolute atomic E-state index is 0.00400. The van der Waals surface area contributed by atoms with Crippen molar-refractivity contribution in [1.82, 2.24) is 4.72 Å². The maximum absolute atomic E-state index is 11.4. The summed E-state index contributed by atoms with van der Waals surface area (Å²) in [6.45, 7) is 0.212. The molecule has 1 N–H and O–H groups in total. The third kappa shape index (κ3) is 4.99. The average molecular weight is 290 g/mol. The molecule has 1 heterocycles. The van der Waals surface area contributed by atoms with E-state index in [9.17, 15) is 16.8 Å². The molecule has 1 saturated heterocycles. The second-order valence-corrected chi connectivity index (χ2v) is 8.51. The van der Waals surface area contributed by atoms with Gasteiger partial charge < -0.3 is 0 Å². The first-order valence-electron chi connectivity index (χ1n) is 5.08. The Bertz CT molecular complexity index is 417. The van der Waals surface area contributed by atoms with Crippen LogP contribution in [-0.4, -0.2) is 46.5 Å². The highest BCUT2D eigenvalue weighted by Crippen LogP contribution is 2.17. The van der Waals surface area contributed by atoms with Crippen molar-refractivity contribution in [3.8, 4) is 0 Å². The standard InChI is InChI=1S/C8H16ClNO4S2/c9-3-1-4-16(13,14)10-6-8-2-5-15(11,12)7-8/h8,10H,1-7H2. The summed E-state index contributed by atoms with van der Waals surface area (Å²) < 4.78 is 47.5. The summed E-state index contributed by atoms with van der Waals surface area (Å²) in [6, 6.07) is 0. The van der Waals surface area contributed by atoms with Crippen molar-refractivity contribution < 1.29 is 16.8 Å². The van der Waals surface area contributed by atoms with Crippen LogP contribution in [0, 0.1) is 5.92 Å². The molecule has 1 unspecified atom stereocenters. The molecule has 0 radical (unpaired) electrons. The zero-order valence-corrected chi connectivity index (χ0v) is 11.2. The van der Waals surface area contributed by atoms with E-state index in [0.29, 0.717) is 18.7 Å². The van der Waals surface area contributed by atoms with Crippen molar-refractivity contribution >= 4 is 31.5 Å². The molecule has 1 aliphatic heterocycles. The van der Waals surface area contributed by atoms with Crippen molar-refractivity contribution in [3.05, 3.63) is 0 Å². The maximum Gasteiger partial charge on any atom is 0.211 e. The third-order valence-electron chi connectivity index (χ3n) is 2.47. The van der Waals surface area contributed by atoms with Gasteiger partial charge in [0.05, 0.1) is 17.3 Å². The van der Waals surface area contributed by atoms with Crippen LogP contribution < -0.4 is 4.72 Å². The van der Waals surface area contributed by atoms with Gasteiger partial charge in [-0.1, -0.05) is 0 Å². The monoisotopic (exact) mass is 289 g/mol. The molecule has 16 heavy (non-hydrogen) atoms. The minimum Gasteiger partial charge on any atom is -0.229 e. The van der Waals surface area contributed by atoms with Crippen LogP contribution in [0.15, 0.2) is 0 Å². The summed E-state index contributed by atoms with van der Waals surface area (Å²) in [6.07, 6.45) is 0.945. The van der Waals surface area contributed by atoms with Crippen molar-refractivity contribution in [3.63, 3.8) is 0 Å². The van der Waals surface area contributed by atoms with Gasteiger partial charge in [0, 0.05) is 12.4 Å². The highest BCUT2D eigenvalue weighted by molar-refractivity contribution is 7.91. The molecule has 0 spiro atoms. The van der Waals surface area contributed by atoms with E-state index in [1.54, 1.807) is 0 Å². The number of hydrogen-bond acceptors (Lipinski definition) is 4. The number of rotatable bonds is 6. The molecule has 5 nitrogen and oxygen atoms in total. The second kappa shape index (κ2) is 5.66. The van der Waals surface area contributed by atoms with Crippen LogP contribution in [0.4, 0.5) is 0 Å². The zero-order chi connectivity index (χ0) is 12.2. The topological polar surface area (TPSA) is 80.3 Å². The fourth-order valence-electron chi connectivity index (χ4n) is 1.59. The summed E-state index contributed by atoms with van der Waals surface area (Å²) in [5.74, 6) is 0.469. The highest BCUT2D eigenvalue weighted by Gasteiger charge is 2.28. The van der Waals surface area contributed by atoms with Gasteiger partial charge in [0.1, 0.15) is 0 Å². The lowest BCUT2D eigenvalue weighted by atomic mass is 10.1. The molecule has 0 aromatic rings. The fraction of sp³-hybridized carbons (Fsp3) is 1.00. The highest BCUT2D eigenvalue weighted by atomic mass is 35.5. The first kappa shape index (κ1) is 14.2. The van der Waals surface area contributed by atoms with E-state index < -0.39 is 19.9 Å². The summed E-state index contributed by atoms with van der Waals surface area (Å²) in [4.78, 5) is 0. The summed E-state index contributed by atoms with van der Waals surface area (Å²) in [7, 11) is -6.23. The number of nitrogens with one attached hydrogen (secondary N) is 1. The summed E-state index contributed by atoms with van der Waals surface area (Å²) >= 11 is 5.40. The Morgan fingerprint density at radius 3 is 2.56 bits per heavy atom.